The number of allylic oxidation sites excluding steroid dienone is 5. The van der Waals surface area contributed by atoms with Crippen molar-refractivity contribution in [1.82, 2.24) is 0 Å². The number of hydrogen-bond acceptors (Lipinski definition) is 2. The molecule has 0 aliphatic heterocycles. The van der Waals surface area contributed by atoms with Crippen molar-refractivity contribution in [2.24, 2.45) is 10.4 Å². The highest BCUT2D eigenvalue weighted by Gasteiger charge is 2.26. The smallest absolute Gasteiger partial charge is 0.156 e. The Balaban J connectivity index is 1.99. The lowest BCUT2D eigenvalue weighted by molar-refractivity contribution is -0.116. The third kappa shape index (κ3) is 4.67. The van der Waals surface area contributed by atoms with Gasteiger partial charge in [0, 0.05) is 6.42 Å². The molecule has 2 rings (SSSR count). The van der Waals surface area contributed by atoms with Gasteiger partial charge in [-0.1, -0.05) is 50.3 Å². The lowest BCUT2D eigenvalue weighted by Gasteiger charge is -2.27. The maximum absolute atomic E-state index is 11.7. The largest absolute Gasteiger partial charge is 0.295 e. The zero-order valence-corrected chi connectivity index (χ0v) is 12.7. The van der Waals surface area contributed by atoms with Gasteiger partial charge >= 0.3 is 0 Å². The molecule has 0 heterocycles. The van der Waals surface area contributed by atoms with Crippen LogP contribution < -0.4 is 0 Å². The fourth-order valence-electron chi connectivity index (χ4n) is 2.54. The van der Waals surface area contributed by atoms with Gasteiger partial charge in [0.05, 0.1) is 5.69 Å². The number of carbonyl (C=O) groups is 1. The van der Waals surface area contributed by atoms with Crippen molar-refractivity contribution in [1.29, 1.82) is 0 Å². The van der Waals surface area contributed by atoms with Gasteiger partial charge in [0.1, 0.15) is 0 Å². The Bertz CT molecular complexity index is 615. The highest BCUT2D eigenvalue weighted by molar-refractivity contribution is 5.92. The first-order chi connectivity index (χ1) is 9.98. The topological polar surface area (TPSA) is 29.4 Å². The molecular weight excluding hydrogens is 258 g/mol. The SMILES string of the molecule is C=Nc1ccc(/C=C/C=C/C2=CC(=O)CC(C)(C)C2)cc1. The first-order valence-electron chi connectivity index (χ1n) is 7.13. The van der Waals surface area contributed by atoms with Gasteiger partial charge < -0.3 is 0 Å². The summed E-state index contributed by atoms with van der Waals surface area (Å²) in [6, 6.07) is 7.87. The van der Waals surface area contributed by atoms with Gasteiger partial charge in [0.15, 0.2) is 5.78 Å². The molecule has 108 valence electrons. The standard InChI is InChI=1S/C19H21NO/c1-19(2)13-16(12-18(21)14-19)7-5-4-6-15-8-10-17(20-3)11-9-15/h4-12H,3,13-14H2,1-2H3/b6-4+,7-5+. The normalized spacial score (nSPS) is 18.2. The van der Waals surface area contributed by atoms with E-state index in [-0.39, 0.29) is 11.2 Å². The van der Waals surface area contributed by atoms with E-state index in [1.54, 1.807) is 6.08 Å². The van der Waals surface area contributed by atoms with Crippen molar-refractivity contribution in [2.45, 2.75) is 26.7 Å². The van der Waals surface area contributed by atoms with Gasteiger partial charge in [-0.2, -0.15) is 0 Å². The summed E-state index contributed by atoms with van der Waals surface area (Å²) in [6.07, 6.45) is 11.4. The lowest BCUT2D eigenvalue weighted by atomic mass is 9.77. The predicted octanol–water partition coefficient (Wildman–Crippen LogP) is 4.90. The Hall–Kier alpha value is -2.22. The van der Waals surface area contributed by atoms with E-state index in [0.29, 0.717) is 6.42 Å². The maximum Gasteiger partial charge on any atom is 0.156 e. The molecular formula is C19H21NO. The summed E-state index contributed by atoms with van der Waals surface area (Å²) < 4.78 is 0. The number of hydrogen-bond donors (Lipinski definition) is 0. The van der Waals surface area contributed by atoms with Crippen LogP contribution >= 0.6 is 0 Å². The molecule has 0 radical (unpaired) electrons. The number of rotatable bonds is 4. The number of aliphatic imine (C=N–C) groups is 1. The van der Waals surface area contributed by atoms with E-state index >= 15 is 0 Å². The molecule has 0 bridgehead atoms. The molecule has 2 nitrogen and oxygen atoms in total. The molecule has 0 amide bonds. The molecule has 1 aromatic carbocycles. The number of benzene rings is 1. The molecule has 0 N–H and O–H groups in total. The molecule has 0 spiro atoms. The minimum absolute atomic E-state index is 0.0722. The Morgan fingerprint density at radius 2 is 1.76 bits per heavy atom. The summed E-state index contributed by atoms with van der Waals surface area (Å²) in [7, 11) is 0. The van der Waals surface area contributed by atoms with Gasteiger partial charge in [-0.3, -0.25) is 9.79 Å². The van der Waals surface area contributed by atoms with Crippen LogP contribution in [0.2, 0.25) is 0 Å². The molecule has 0 fully saturated rings. The van der Waals surface area contributed by atoms with E-state index < -0.39 is 0 Å². The van der Waals surface area contributed by atoms with Crippen LogP contribution in [0.25, 0.3) is 6.08 Å². The lowest BCUT2D eigenvalue weighted by Crippen LogP contribution is -2.21. The third-order valence-electron chi connectivity index (χ3n) is 3.47. The van der Waals surface area contributed by atoms with Crippen LogP contribution in [-0.2, 0) is 4.79 Å². The molecule has 0 atom stereocenters. The minimum atomic E-state index is 0.0722. The summed E-state index contributed by atoms with van der Waals surface area (Å²) in [5.41, 5.74) is 3.16. The second-order valence-corrected chi connectivity index (χ2v) is 6.17. The average Bonchev–Trinajstić information content (AvgIpc) is 2.42. The Kier molecular flexibility index (Phi) is 4.69. The summed E-state index contributed by atoms with van der Waals surface area (Å²) >= 11 is 0. The van der Waals surface area contributed by atoms with Crippen molar-refractivity contribution < 1.29 is 4.79 Å². The van der Waals surface area contributed by atoms with Crippen molar-refractivity contribution in [3.05, 3.63) is 59.7 Å². The zero-order valence-electron chi connectivity index (χ0n) is 12.7. The van der Waals surface area contributed by atoms with E-state index in [9.17, 15) is 4.79 Å². The predicted molar refractivity (Wildman–Crippen MR) is 89.9 cm³/mol. The Morgan fingerprint density at radius 3 is 2.38 bits per heavy atom. The minimum Gasteiger partial charge on any atom is -0.295 e. The van der Waals surface area contributed by atoms with E-state index in [2.05, 4.69) is 25.6 Å². The molecule has 0 unspecified atom stereocenters. The maximum atomic E-state index is 11.7. The quantitative estimate of drug-likeness (QED) is 0.569. The molecule has 2 heteroatoms. The van der Waals surface area contributed by atoms with Gasteiger partial charge in [0.25, 0.3) is 0 Å². The third-order valence-corrected chi connectivity index (χ3v) is 3.47. The van der Waals surface area contributed by atoms with Crippen molar-refractivity contribution in [3.8, 4) is 0 Å². The fourth-order valence-corrected chi connectivity index (χ4v) is 2.54. The Labute approximate surface area is 126 Å². The van der Waals surface area contributed by atoms with E-state index in [1.165, 1.54) is 0 Å². The second kappa shape index (κ2) is 6.49. The van der Waals surface area contributed by atoms with Crippen LogP contribution in [0.3, 0.4) is 0 Å². The highest BCUT2D eigenvalue weighted by atomic mass is 16.1. The number of ketones is 1. The molecule has 0 saturated carbocycles. The van der Waals surface area contributed by atoms with E-state index in [1.807, 2.05) is 48.6 Å². The van der Waals surface area contributed by atoms with Crippen molar-refractivity contribution in [2.75, 3.05) is 0 Å². The summed E-state index contributed by atoms with van der Waals surface area (Å²) in [5, 5.41) is 0. The van der Waals surface area contributed by atoms with Crippen LogP contribution in [0.15, 0.2) is 59.1 Å². The van der Waals surface area contributed by atoms with Crippen LogP contribution in [0, 0.1) is 5.41 Å². The van der Waals surface area contributed by atoms with Crippen LogP contribution in [0.5, 0.6) is 0 Å². The van der Waals surface area contributed by atoms with Crippen LogP contribution in [0.4, 0.5) is 5.69 Å². The van der Waals surface area contributed by atoms with Crippen molar-refractivity contribution in [3.63, 3.8) is 0 Å². The Morgan fingerprint density at radius 1 is 1.10 bits per heavy atom. The first kappa shape index (κ1) is 15.2. The van der Waals surface area contributed by atoms with E-state index in [0.717, 1.165) is 23.2 Å². The van der Waals surface area contributed by atoms with Gasteiger partial charge in [-0.25, -0.2) is 0 Å². The first-order valence-corrected chi connectivity index (χ1v) is 7.13. The monoisotopic (exact) mass is 279 g/mol. The van der Waals surface area contributed by atoms with Gasteiger partial charge in [-0.05, 0) is 47.9 Å². The molecule has 1 aliphatic rings. The van der Waals surface area contributed by atoms with Crippen LogP contribution in [-0.4, -0.2) is 12.5 Å². The molecule has 21 heavy (non-hydrogen) atoms. The van der Waals surface area contributed by atoms with E-state index in [4.69, 9.17) is 0 Å². The van der Waals surface area contributed by atoms with Crippen LogP contribution in [0.1, 0.15) is 32.3 Å². The molecule has 1 aliphatic carbocycles. The van der Waals surface area contributed by atoms with Crippen molar-refractivity contribution >= 4 is 24.3 Å². The second-order valence-electron chi connectivity index (χ2n) is 6.17. The molecule has 0 aromatic heterocycles. The number of nitrogens with zero attached hydrogens (tertiary/aromatic N) is 1. The molecule has 0 saturated heterocycles. The fraction of sp³-hybridized carbons (Fsp3) is 0.263. The summed E-state index contributed by atoms with van der Waals surface area (Å²) in [4.78, 5) is 15.5. The average molecular weight is 279 g/mol. The zero-order chi connectivity index (χ0) is 15.3. The summed E-state index contributed by atoms with van der Waals surface area (Å²) in [5.74, 6) is 0.224. The highest BCUT2D eigenvalue weighted by Crippen LogP contribution is 2.33. The summed E-state index contributed by atoms with van der Waals surface area (Å²) in [6.45, 7) is 7.76. The number of carbonyl (C=O) groups excluding carboxylic acids is 1. The van der Waals surface area contributed by atoms with Gasteiger partial charge in [-0.15, -0.1) is 0 Å². The van der Waals surface area contributed by atoms with Gasteiger partial charge in [0.2, 0.25) is 0 Å². The molecule has 1 aromatic rings.